The molecule has 0 aromatic heterocycles. The quantitative estimate of drug-likeness (QED) is 0.793. The molecule has 1 N–H and O–H groups in total. The second-order valence-electron chi connectivity index (χ2n) is 3.28. The Balaban J connectivity index is 2.17. The van der Waals surface area contributed by atoms with Crippen LogP contribution in [0, 0.1) is 0 Å². The lowest BCUT2D eigenvalue weighted by Crippen LogP contribution is -2.04. The first kappa shape index (κ1) is 8.97. The van der Waals surface area contributed by atoms with E-state index in [0.717, 1.165) is 17.6 Å². The van der Waals surface area contributed by atoms with Crippen LogP contribution in [0.15, 0.2) is 34.3 Å². The smallest absolute Gasteiger partial charge is 0.0175 e. The summed E-state index contributed by atoms with van der Waals surface area (Å²) in [4.78, 5) is 0. The minimum absolute atomic E-state index is 1.05. The van der Waals surface area contributed by atoms with Crippen LogP contribution in [0.5, 0.6) is 0 Å². The summed E-state index contributed by atoms with van der Waals surface area (Å²) in [6.45, 7) is 2.18. The van der Waals surface area contributed by atoms with Crippen molar-refractivity contribution in [2.45, 2.75) is 6.42 Å². The molecular weight excluding hydrogens is 226 g/mol. The highest BCUT2D eigenvalue weighted by Gasteiger charge is 2.04. The summed E-state index contributed by atoms with van der Waals surface area (Å²) in [5, 5.41) is 3.33. The third-order valence-electron chi connectivity index (χ3n) is 2.22. The van der Waals surface area contributed by atoms with Crippen molar-refractivity contribution in [2.24, 2.45) is 0 Å². The summed E-state index contributed by atoms with van der Waals surface area (Å²) in [7, 11) is 0. The summed E-state index contributed by atoms with van der Waals surface area (Å²) < 4.78 is 1.14. The van der Waals surface area contributed by atoms with E-state index in [-0.39, 0.29) is 0 Å². The van der Waals surface area contributed by atoms with Crippen molar-refractivity contribution in [3.05, 3.63) is 39.9 Å². The molecule has 1 aromatic carbocycles. The van der Waals surface area contributed by atoms with Crippen LogP contribution in [0.4, 0.5) is 0 Å². The predicted molar refractivity (Wildman–Crippen MR) is 59.6 cm³/mol. The van der Waals surface area contributed by atoms with Gasteiger partial charge in [-0.1, -0.05) is 39.7 Å². The van der Waals surface area contributed by atoms with E-state index >= 15 is 0 Å². The Kier molecular flexibility index (Phi) is 2.81. The van der Waals surface area contributed by atoms with Gasteiger partial charge in [-0.3, -0.25) is 0 Å². The second kappa shape index (κ2) is 4.07. The standard InChI is InChI=1S/C11H12BrN/c12-11-3-1-9(2-4-11)7-10-5-6-13-8-10/h1-4,7,13H,5-6,8H2/b10-7+. The van der Waals surface area contributed by atoms with Crippen molar-refractivity contribution in [3.63, 3.8) is 0 Å². The van der Waals surface area contributed by atoms with E-state index in [4.69, 9.17) is 0 Å². The van der Waals surface area contributed by atoms with Crippen LogP contribution in [0.1, 0.15) is 12.0 Å². The molecule has 1 aliphatic heterocycles. The van der Waals surface area contributed by atoms with Crippen molar-refractivity contribution in [3.8, 4) is 0 Å². The molecular formula is C11H12BrN. The Labute approximate surface area is 87.0 Å². The van der Waals surface area contributed by atoms with Crippen molar-refractivity contribution in [1.29, 1.82) is 0 Å². The van der Waals surface area contributed by atoms with Crippen LogP contribution >= 0.6 is 15.9 Å². The van der Waals surface area contributed by atoms with Gasteiger partial charge in [0.05, 0.1) is 0 Å². The molecule has 1 fully saturated rings. The van der Waals surface area contributed by atoms with E-state index in [1.165, 1.54) is 17.6 Å². The second-order valence-corrected chi connectivity index (χ2v) is 4.20. The summed E-state index contributed by atoms with van der Waals surface area (Å²) >= 11 is 3.43. The molecule has 0 saturated carbocycles. The van der Waals surface area contributed by atoms with Gasteiger partial charge in [0.2, 0.25) is 0 Å². The third kappa shape index (κ3) is 2.42. The van der Waals surface area contributed by atoms with Crippen molar-refractivity contribution in [2.75, 3.05) is 13.1 Å². The molecule has 0 atom stereocenters. The van der Waals surface area contributed by atoms with Gasteiger partial charge in [0.15, 0.2) is 0 Å². The lowest BCUT2D eigenvalue weighted by molar-refractivity contribution is 0.862. The van der Waals surface area contributed by atoms with Gasteiger partial charge in [-0.2, -0.15) is 0 Å². The highest BCUT2D eigenvalue weighted by molar-refractivity contribution is 9.10. The zero-order chi connectivity index (χ0) is 9.10. The molecule has 0 amide bonds. The van der Waals surface area contributed by atoms with Gasteiger partial charge in [0.25, 0.3) is 0 Å². The molecule has 0 radical (unpaired) electrons. The number of halogens is 1. The molecule has 2 heteroatoms. The van der Waals surface area contributed by atoms with Crippen LogP contribution in [-0.4, -0.2) is 13.1 Å². The number of nitrogens with one attached hydrogen (secondary N) is 1. The molecule has 0 aliphatic carbocycles. The maximum atomic E-state index is 3.43. The zero-order valence-corrected chi connectivity index (χ0v) is 8.97. The number of hydrogen-bond acceptors (Lipinski definition) is 1. The summed E-state index contributed by atoms with van der Waals surface area (Å²) in [5.41, 5.74) is 2.80. The molecule has 1 saturated heterocycles. The van der Waals surface area contributed by atoms with Crippen LogP contribution in [0.25, 0.3) is 6.08 Å². The average molecular weight is 238 g/mol. The fraction of sp³-hybridized carbons (Fsp3) is 0.273. The molecule has 1 aromatic rings. The predicted octanol–water partition coefficient (Wildman–Crippen LogP) is 2.83. The highest BCUT2D eigenvalue weighted by Crippen LogP contribution is 2.15. The van der Waals surface area contributed by atoms with Crippen LogP contribution in [0.3, 0.4) is 0 Å². The van der Waals surface area contributed by atoms with E-state index in [2.05, 4.69) is 51.6 Å². The first-order chi connectivity index (χ1) is 6.34. The van der Waals surface area contributed by atoms with Gasteiger partial charge < -0.3 is 5.32 Å². The Morgan fingerprint density at radius 1 is 1.23 bits per heavy atom. The van der Waals surface area contributed by atoms with E-state index in [9.17, 15) is 0 Å². The van der Waals surface area contributed by atoms with E-state index in [1.807, 2.05) is 0 Å². The Morgan fingerprint density at radius 3 is 2.62 bits per heavy atom. The third-order valence-corrected chi connectivity index (χ3v) is 2.74. The highest BCUT2D eigenvalue weighted by atomic mass is 79.9. The summed E-state index contributed by atoms with van der Waals surface area (Å²) in [6.07, 6.45) is 3.46. The Bertz CT molecular complexity index is 305. The van der Waals surface area contributed by atoms with E-state index < -0.39 is 0 Å². The van der Waals surface area contributed by atoms with Gasteiger partial charge in [-0.15, -0.1) is 0 Å². The fourth-order valence-corrected chi connectivity index (χ4v) is 1.77. The molecule has 1 aliphatic rings. The normalized spacial score (nSPS) is 19.6. The average Bonchev–Trinajstić information content (AvgIpc) is 2.62. The SMILES string of the molecule is Brc1ccc(/C=C2\CCNC2)cc1. The molecule has 0 unspecified atom stereocenters. The van der Waals surface area contributed by atoms with Crippen LogP contribution in [-0.2, 0) is 0 Å². The molecule has 1 heterocycles. The number of benzene rings is 1. The lowest BCUT2D eigenvalue weighted by atomic mass is 10.1. The van der Waals surface area contributed by atoms with E-state index in [0.29, 0.717) is 0 Å². The lowest BCUT2D eigenvalue weighted by Gasteiger charge is -1.96. The zero-order valence-electron chi connectivity index (χ0n) is 7.39. The van der Waals surface area contributed by atoms with Gasteiger partial charge in [0.1, 0.15) is 0 Å². The molecule has 0 bridgehead atoms. The van der Waals surface area contributed by atoms with E-state index in [1.54, 1.807) is 0 Å². The molecule has 13 heavy (non-hydrogen) atoms. The minimum Gasteiger partial charge on any atom is -0.313 e. The Morgan fingerprint density at radius 2 is 2.00 bits per heavy atom. The van der Waals surface area contributed by atoms with Crippen molar-refractivity contribution < 1.29 is 0 Å². The largest absolute Gasteiger partial charge is 0.313 e. The molecule has 1 nitrogen and oxygen atoms in total. The van der Waals surface area contributed by atoms with Crippen LogP contribution < -0.4 is 5.32 Å². The fourth-order valence-electron chi connectivity index (χ4n) is 1.50. The van der Waals surface area contributed by atoms with Gasteiger partial charge >= 0.3 is 0 Å². The maximum absolute atomic E-state index is 3.43. The van der Waals surface area contributed by atoms with Gasteiger partial charge in [-0.25, -0.2) is 0 Å². The number of hydrogen-bond donors (Lipinski definition) is 1. The Hall–Kier alpha value is -0.600. The maximum Gasteiger partial charge on any atom is 0.0175 e. The first-order valence-corrected chi connectivity index (χ1v) is 5.29. The van der Waals surface area contributed by atoms with Gasteiger partial charge in [-0.05, 0) is 30.7 Å². The van der Waals surface area contributed by atoms with Crippen molar-refractivity contribution >= 4 is 22.0 Å². The van der Waals surface area contributed by atoms with Crippen LogP contribution in [0.2, 0.25) is 0 Å². The number of rotatable bonds is 1. The van der Waals surface area contributed by atoms with Gasteiger partial charge in [0, 0.05) is 11.0 Å². The summed E-state index contributed by atoms with van der Waals surface area (Å²) in [5.74, 6) is 0. The van der Waals surface area contributed by atoms with Crippen molar-refractivity contribution in [1.82, 2.24) is 5.32 Å². The monoisotopic (exact) mass is 237 g/mol. The first-order valence-electron chi connectivity index (χ1n) is 4.50. The molecule has 2 rings (SSSR count). The topological polar surface area (TPSA) is 12.0 Å². The summed E-state index contributed by atoms with van der Waals surface area (Å²) in [6, 6.07) is 8.42. The molecule has 0 spiro atoms. The minimum atomic E-state index is 1.05. The molecule has 68 valence electrons.